The van der Waals surface area contributed by atoms with Crippen LogP contribution in [0.2, 0.25) is 0 Å². The Hall–Kier alpha value is -0.0400. The van der Waals surface area contributed by atoms with E-state index < -0.39 is 0 Å². The van der Waals surface area contributed by atoms with E-state index >= 15 is 0 Å². The third kappa shape index (κ3) is 3.82. The Morgan fingerprint density at radius 1 is 0.833 bits per heavy atom. The molecule has 0 aromatic heterocycles. The molecule has 0 aromatic carbocycles. The summed E-state index contributed by atoms with van der Waals surface area (Å²) in [5.41, 5.74) is 1.14. The van der Waals surface area contributed by atoms with Gasteiger partial charge in [0.1, 0.15) is 0 Å². The molecule has 0 unspecified atom stereocenters. The topological polar surface area (TPSA) is 20.2 Å². The number of fused-ring (bicyclic) bond motifs is 5. The van der Waals surface area contributed by atoms with Gasteiger partial charge in [-0.05, 0) is 122 Å². The summed E-state index contributed by atoms with van der Waals surface area (Å²) in [6.07, 6.45) is 16.5. The Balaban J connectivity index is 1.45. The Morgan fingerprint density at radius 2 is 1.53 bits per heavy atom. The molecular formula is C29H52O. The fourth-order valence-electron chi connectivity index (χ4n) is 9.90. The van der Waals surface area contributed by atoms with E-state index in [1.54, 1.807) is 0 Å². The van der Waals surface area contributed by atoms with Gasteiger partial charge in [-0.1, -0.05) is 54.4 Å². The van der Waals surface area contributed by atoms with Gasteiger partial charge in [0, 0.05) is 0 Å². The van der Waals surface area contributed by atoms with Crippen LogP contribution in [0.15, 0.2) is 0 Å². The molecule has 1 heteroatoms. The van der Waals surface area contributed by atoms with Gasteiger partial charge in [-0.15, -0.1) is 0 Å². The van der Waals surface area contributed by atoms with Crippen molar-refractivity contribution >= 4 is 0 Å². The van der Waals surface area contributed by atoms with Gasteiger partial charge in [-0.25, -0.2) is 0 Å². The van der Waals surface area contributed by atoms with Crippen LogP contribution in [-0.4, -0.2) is 11.2 Å². The lowest BCUT2D eigenvalue weighted by molar-refractivity contribution is -0.129. The number of aliphatic hydroxyl groups excluding tert-OH is 1. The SMILES string of the molecule is CC[C@@H](CC[C@@H](C)[C@H]1CC[C@H]2[C@@H]3CC[C@H]4C[C@@H](O)CC[C@@]4(C)[C@@H]3CC[C@]12C)C(C)C. The van der Waals surface area contributed by atoms with Crippen LogP contribution in [0.4, 0.5) is 0 Å². The average molecular weight is 417 g/mol. The Labute approximate surface area is 188 Å². The minimum Gasteiger partial charge on any atom is -0.393 e. The van der Waals surface area contributed by atoms with Gasteiger partial charge < -0.3 is 5.11 Å². The summed E-state index contributed by atoms with van der Waals surface area (Å²) in [4.78, 5) is 0. The predicted molar refractivity (Wildman–Crippen MR) is 128 cm³/mol. The molecule has 0 spiro atoms. The lowest BCUT2D eigenvalue weighted by atomic mass is 9.44. The highest BCUT2D eigenvalue weighted by Crippen LogP contribution is 2.68. The monoisotopic (exact) mass is 416 g/mol. The fraction of sp³-hybridized carbons (Fsp3) is 1.00. The first-order valence-electron chi connectivity index (χ1n) is 13.9. The smallest absolute Gasteiger partial charge is 0.0543 e. The largest absolute Gasteiger partial charge is 0.393 e. The summed E-state index contributed by atoms with van der Waals surface area (Å²) in [5, 5.41) is 10.3. The number of rotatable bonds is 6. The second kappa shape index (κ2) is 8.72. The van der Waals surface area contributed by atoms with Crippen molar-refractivity contribution in [1.82, 2.24) is 0 Å². The third-order valence-corrected chi connectivity index (χ3v) is 11.9. The number of hydrogen-bond donors (Lipinski definition) is 1. The molecule has 30 heavy (non-hydrogen) atoms. The zero-order valence-corrected chi connectivity index (χ0v) is 21.1. The van der Waals surface area contributed by atoms with E-state index in [1.165, 1.54) is 64.2 Å². The molecule has 4 aliphatic rings. The average Bonchev–Trinajstić information content (AvgIpc) is 3.06. The maximum Gasteiger partial charge on any atom is 0.0543 e. The van der Waals surface area contributed by atoms with Crippen molar-refractivity contribution in [3.05, 3.63) is 0 Å². The summed E-state index contributed by atoms with van der Waals surface area (Å²) >= 11 is 0. The van der Waals surface area contributed by atoms with Gasteiger partial charge in [0.25, 0.3) is 0 Å². The third-order valence-electron chi connectivity index (χ3n) is 11.9. The first-order valence-corrected chi connectivity index (χ1v) is 13.9. The van der Waals surface area contributed by atoms with E-state index in [0.717, 1.165) is 60.2 Å². The van der Waals surface area contributed by atoms with Crippen molar-refractivity contribution in [1.29, 1.82) is 0 Å². The zero-order chi connectivity index (χ0) is 21.7. The van der Waals surface area contributed by atoms with Gasteiger partial charge in [-0.2, -0.15) is 0 Å². The first-order chi connectivity index (χ1) is 14.2. The van der Waals surface area contributed by atoms with Crippen molar-refractivity contribution < 1.29 is 5.11 Å². The van der Waals surface area contributed by atoms with E-state index in [4.69, 9.17) is 0 Å². The van der Waals surface area contributed by atoms with Gasteiger partial charge in [0.15, 0.2) is 0 Å². The van der Waals surface area contributed by atoms with Crippen LogP contribution >= 0.6 is 0 Å². The summed E-state index contributed by atoms with van der Waals surface area (Å²) in [5.74, 6) is 7.34. The summed E-state index contributed by atoms with van der Waals surface area (Å²) in [6.45, 7) is 15.2. The lowest BCUT2D eigenvalue weighted by Gasteiger charge is -2.61. The van der Waals surface area contributed by atoms with Gasteiger partial charge >= 0.3 is 0 Å². The van der Waals surface area contributed by atoms with Crippen LogP contribution in [0.3, 0.4) is 0 Å². The molecule has 1 nitrogen and oxygen atoms in total. The molecule has 0 heterocycles. The highest BCUT2D eigenvalue weighted by molar-refractivity contribution is 5.09. The molecule has 1 N–H and O–H groups in total. The summed E-state index contributed by atoms with van der Waals surface area (Å²) in [7, 11) is 0. The zero-order valence-electron chi connectivity index (χ0n) is 21.1. The standard InChI is InChI=1S/C29H52O/c1-7-21(19(2)3)9-8-20(4)25-12-13-26-24-11-10-22-18-23(30)14-16-28(22,5)27(24)15-17-29(25,26)6/h19-27,30H,7-18H2,1-6H3/t20-,21+,22+,23+,24+,25-,26+,27-,28-,29-/m1/s1. The second-order valence-electron chi connectivity index (χ2n) is 13.3. The molecule has 174 valence electrons. The van der Waals surface area contributed by atoms with E-state index in [2.05, 4.69) is 41.5 Å². The van der Waals surface area contributed by atoms with Crippen molar-refractivity contribution in [3.63, 3.8) is 0 Å². The first kappa shape index (κ1) is 23.1. The van der Waals surface area contributed by atoms with Crippen molar-refractivity contribution in [2.45, 2.75) is 125 Å². The van der Waals surface area contributed by atoms with E-state index in [9.17, 15) is 5.11 Å². The maximum atomic E-state index is 10.3. The van der Waals surface area contributed by atoms with Crippen molar-refractivity contribution in [2.24, 2.45) is 58.2 Å². The quantitative estimate of drug-likeness (QED) is 0.463. The van der Waals surface area contributed by atoms with Crippen LogP contribution < -0.4 is 0 Å². The van der Waals surface area contributed by atoms with Crippen molar-refractivity contribution in [2.75, 3.05) is 0 Å². The second-order valence-corrected chi connectivity index (χ2v) is 13.3. The molecule has 0 amide bonds. The molecule has 0 aromatic rings. The molecule has 4 saturated carbocycles. The van der Waals surface area contributed by atoms with Crippen LogP contribution in [0.25, 0.3) is 0 Å². The lowest BCUT2D eigenvalue weighted by Crippen LogP contribution is -2.54. The minimum absolute atomic E-state index is 0.0111. The number of hydrogen-bond acceptors (Lipinski definition) is 1. The Morgan fingerprint density at radius 3 is 2.23 bits per heavy atom. The minimum atomic E-state index is -0.0111. The van der Waals surface area contributed by atoms with Crippen molar-refractivity contribution in [3.8, 4) is 0 Å². The molecular weight excluding hydrogens is 364 g/mol. The molecule has 0 aliphatic heterocycles. The van der Waals surface area contributed by atoms with E-state index in [1.807, 2.05) is 0 Å². The van der Waals surface area contributed by atoms with Crippen LogP contribution in [0.1, 0.15) is 119 Å². The van der Waals surface area contributed by atoms with Crippen LogP contribution in [0, 0.1) is 58.2 Å². The molecule has 0 radical (unpaired) electrons. The molecule has 0 saturated heterocycles. The maximum absolute atomic E-state index is 10.3. The summed E-state index contributed by atoms with van der Waals surface area (Å²) < 4.78 is 0. The number of aliphatic hydroxyl groups is 1. The van der Waals surface area contributed by atoms with Crippen LogP contribution in [0.5, 0.6) is 0 Å². The molecule has 4 aliphatic carbocycles. The van der Waals surface area contributed by atoms with E-state index in [0.29, 0.717) is 10.8 Å². The molecule has 4 fully saturated rings. The van der Waals surface area contributed by atoms with Crippen LogP contribution in [-0.2, 0) is 0 Å². The highest BCUT2D eigenvalue weighted by Gasteiger charge is 2.60. The predicted octanol–water partition coefficient (Wildman–Crippen LogP) is 8.10. The van der Waals surface area contributed by atoms with Gasteiger partial charge in [-0.3, -0.25) is 0 Å². The normalized spacial score (nSPS) is 48.0. The molecule has 0 bridgehead atoms. The summed E-state index contributed by atoms with van der Waals surface area (Å²) in [6, 6.07) is 0. The highest BCUT2D eigenvalue weighted by atomic mass is 16.3. The fourth-order valence-corrected chi connectivity index (χ4v) is 9.90. The van der Waals surface area contributed by atoms with Gasteiger partial charge in [0.05, 0.1) is 6.10 Å². The van der Waals surface area contributed by atoms with Gasteiger partial charge in [0.2, 0.25) is 0 Å². The molecule has 10 atom stereocenters. The molecule has 4 rings (SSSR count). The Bertz CT molecular complexity index is 583. The Kier molecular flexibility index (Phi) is 6.72. The van der Waals surface area contributed by atoms with E-state index in [-0.39, 0.29) is 6.10 Å².